The fourth-order valence-corrected chi connectivity index (χ4v) is 2.44. The van der Waals surface area contributed by atoms with Gasteiger partial charge in [-0.1, -0.05) is 6.07 Å². The third-order valence-corrected chi connectivity index (χ3v) is 3.86. The highest BCUT2D eigenvalue weighted by Crippen LogP contribution is 2.34. The summed E-state index contributed by atoms with van der Waals surface area (Å²) in [5.74, 6) is 1.34. The molecule has 1 fully saturated rings. The van der Waals surface area contributed by atoms with Crippen LogP contribution >= 0.6 is 0 Å². The van der Waals surface area contributed by atoms with Gasteiger partial charge in [-0.15, -0.1) is 0 Å². The van der Waals surface area contributed by atoms with Gasteiger partial charge in [-0.05, 0) is 30.5 Å². The first-order valence-corrected chi connectivity index (χ1v) is 7.41. The van der Waals surface area contributed by atoms with Crippen LogP contribution in [0, 0.1) is 5.92 Å². The Morgan fingerprint density at radius 3 is 2.77 bits per heavy atom. The Morgan fingerprint density at radius 1 is 1.27 bits per heavy atom. The van der Waals surface area contributed by atoms with Crippen LogP contribution < -0.4 is 9.47 Å². The van der Waals surface area contributed by atoms with Gasteiger partial charge in [-0.3, -0.25) is 9.59 Å². The van der Waals surface area contributed by atoms with Crippen molar-refractivity contribution in [1.29, 1.82) is 0 Å². The first kappa shape index (κ1) is 14.7. The number of hydrogen-bond donors (Lipinski definition) is 0. The number of methoxy groups -OCH3 is 1. The zero-order valence-electron chi connectivity index (χ0n) is 12.5. The number of carbonyl (C=O) groups is 2. The number of fused-ring (bicyclic) bond motifs is 1. The number of benzene rings is 1. The van der Waals surface area contributed by atoms with Crippen molar-refractivity contribution in [2.45, 2.75) is 25.8 Å². The molecule has 1 aliphatic carbocycles. The van der Waals surface area contributed by atoms with Crippen molar-refractivity contribution in [3.8, 4) is 11.5 Å². The standard InChI is InChI=1S/C16H19NO5/c1-20-15(18)6-7-17(16(19)12-3-4-12)9-11-2-5-13-14(8-11)22-10-21-13/h2,5,8,12H,3-4,6-7,9-10H2,1H3. The Kier molecular flexibility index (Phi) is 4.18. The molecule has 0 bridgehead atoms. The van der Waals surface area contributed by atoms with Crippen LogP contribution in [0.5, 0.6) is 11.5 Å². The molecule has 0 saturated heterocycles. The molecule has 1 aromatic rings. The molecule has 6 nitrogen and oxygen atoms in total. The molecule has 0 spiro atoms. The number of ether oxygens (including phenoxy) is 3. The minimum absolute atomic E-state index is 0.113. The highest BCUT2D eigenvalue weighted by molar-refractivity contribution is 5.81. The van der Waals surface area contributed by atoms with Crippen molar-refractivity contribution < 1.29 is 23.8 Å². The fourth-order valence-electron chi connectivity index (χ4n) is 2.44. The van der Waals surface area contributed by atoms with E-state index in [1.54, 1.807) is 4.90 Å². The van der Waals surface area contributed by atoms with E-state index in [1.807, 2.05) is 18.2 Å². The van der Waals surface area contributed by atoms with Gasteiger partial charge in [-0.25, -0.2) is 0 Å². The third kappa shape index (κ3) is 3.32. The summed E-state index contributed by atoms with van der Waals surface area (Å²) in [6, 6.07) is 5.64. The van der Waals surface area contributed by atoms with Gasteiger partial charge in [0.05, 0.1) is 13.5 Å². The summed E-state index contributed by atoms with van der Waals surface area (Å²) >= 11 is 0. The molecule has 22 heavy (non-hydrogen) atoms. The zero-order valence-corrected chi connectivity index (χ0v) is 12.5. The van der Waals surface area contributed by atoms with Crippen LogP contribution in [0.1, 0.15) is 24.8 Å². The Morgan fingerprint density at radius 2 is 2.05 bits per heavy atom. The summed E-state index contributed by atoms with van der Waals surface area (Å²) in [7, 11) is 1.35. The van der Waals surface area contributed by atoms with Crippen LogP contribution in [0.4, 0.5) is 0 Å². The van der Waals surface area contributed by atoms with E-state index in [-0.39, 0.29) is 31.0 Å². The molecule has 2 aliphatic rings. The molecular formula is C16H19NO5. The van der Waals surface area contributed by atoms with Crippen molar-refractivity contribution in [2.75, 3.05) is 20.4 Å². The van der Waals surface area contributed by atoms with Gasteiger partial charge in [0.2, 0.25) is 12.7 Å². The number of hydrogen-bond acceptors (Lipinski definition) is 5. The predicted octanol–water partition coefficient (Wildman–Crippen LogP) is 1.72. The number of esters is 1. The molecular weight excluding hydrogens is 286 g/mol. The van der Waals surface area contributed by atoms with Crippen molar-refractivity contribution >= 4 is 11.9 Å². The summed E-state index contributed by atoms with van der Waals surface area (Å²) < 4.78 is 15.3. The first-order valence-electron chi connectivity index (χ1n) is 7.41. The van der Waals surface area contributed by atoms with Crippen molar-refractivity contribution in [3.63, 3.8) is 0 Å². The number of nitrogens with zero attached hydrogens (tertiary/aromatic N) is 1. The van der Waals surface area contributed by atoms with Crippen LogP contribution in [-0.2, 0) is 20.9 Å². The van der Waals surface area contributed by atoms with Gasteiger partial charge in [0.25, 0.3) is 0 Å². The van der Waals surface area contributed by atoms with Gasteiger partial charge < -0.3 is 19.1 Å². The van der Waals surface area contributed by atoms with Gasteiger partial charge in [0.1, 0.15) is 0 Å². The normalized spacial score (nSPS) is 15.5. The van der Waals surface area contributed by atoms with E-state index < -0.39 is 0 Å². The summed E-state index contributed by atoms with van der Waals surface area (Å²) in [4.78, 5) is 25.4. The van der Waals surface area contributed by atoms with E-state index in [2.05, 4.69) is 4.74 Å². The van der Waals surface area contributed by atoms with E-state index in [9.17, 15) is 9.59 Å². The maximum absolute atomic E-state index is 12.4. The Balaban J connectivity index is 1.68. The Bertz CT molecular complexity index is 582. The predicted molar refractivity (Wildman–Crippen MR) is 77.3 cm³/mol. The van der Waals surface area contributed by atoms with E-state index in [1.165, 1.54) is 7.11 Å². The molecule has 1 amide bonds. The molecule has 1 saturated carbocycles. The van der Waals surface area contributed by atoms with Crippen LogP contribution in [0.25, 0.3) is 0 Å². The lowest BCUT2D eigenvalue weighted by atomic mass is 10.1. The average molecular weight is 305 g/mol. The smallest absolute Gasteiger partial charge is 0.307 e. The number of amides is 1. The lowest BCUT2D eigenvalue weighted by Crippen LogP contribution is -2.33. The van der Waals surface area contributed by atoms with Crippen LogP contribution in [-0.4, -0.2) is 37.2 Å². The summed E-state index contributed by atoms with van der Waals surface area (Å²) in [5, 5.41) is 0. The second kappa shape index (κ2) is 6.25. The zero-order chi connectivity index (χ0) is 15.5. The third-order valence-electron chi connectivity index (χ3n) is 3.86. The molecule has 1 heterocycles. The molecule has 0 unspecified atom stereocenters. The SMILES string of the molecule is COC(=O)CCN(Cc1ccc2c(c1)OCO2)C(=O)C1CC1. The first-order chi connectivity index (χ1) is 10.7. The van der Waals surface area contributed by atoms with Gasteiger partial charge in [-0.2, -0.15) is 0 Å². The van der Waals surface area contributed by atoms with E-state index in [4.69, 9.17) is 9.47 Å². The average Bonchev–Trinajstić information content (AvgIpc) is 3.28. The lowest BCUT2D eigenvalue weighted by molar-refractivity contribution is -0.142. The van der Waals surface area contributed by atoms with Gasteiger partial charge in [0.15, 0.2) is 11.5 Å². The van der Waals surface area contributed by atoms with Crippen molar-refractivity contribution in [3.05, 3.63) is 23.8 Å². The summed E-state index contributed by atoms with van der Waals surface area (Å²) in [5.41, 5.74) is 0.961. The molecule has 0 aromatic heterocycles. The second-order valence-electron chi connectivity index (χ2n) is 5.55. The highest BCUT2D eigenvalue weighted by atomic mass is 16.7. The van der Waals surface area contributed by atoms with Crippen LogP contribution in [0.15, 0.2) is 18.2 Å². The molecule has 3 rings (SSSR count). The molecule has 6 heteroatoms. The highest BCUT2D eigenvalue weighted by Gasteiger charge is 2.33. The van der Waals surface area contributed by atoms with Crippen LogP contribution in [0.2, 0.25) is 0 Å². The maximum atomic E-state index is 12.4. The molecule has 1 aliphatic heterocycles. The maximum Gasteiger partial charge on any atom is 0.307 e. The van der Waals surface area contributed by atoms with E-state index >= 15 is 0 Å². The molecule has 0 atom stereocenters. The second-order valence-corrected chi connectivity index (χ2v) is 5.55. The monoisotopic (exact) mass is 305 g/mol. The molecule has 0 N–H and O–H groups in total. The van der Waals surface area contributed by atoms with Crippen LogP contribution in [0.3, 0.4) is 0 Å². The Labute approximate surface area is 128 Å². The summed E-state index contributed by atoms with van der Waals surface area (Å²) in [6.45, 7) is 1.06. The molecule has 0 radical (unpaired) electrons. The van der Waals surface area contributed by atoms with Crippen molar-refractivity contribution in [2.24, 2.45) is 5.92 Å². The quantitative estimate of drug-likeness (QED) is 0.749. The summed E-state index contributed by atoms with van der Waals surface area (Å²) in [6.07, 6.45) is 2.09. The minimum atomic E-state index is -0.306. The van der Waals surface area contributed by atoms with Gasteiger partial charge in [0, 0.05) is 19.0 Å². The van der Waals surface area contributed by atoms with Gasteiger partial charge >= 0.3 is 5.97 Å². The van der Waals surface area contributed by atoms with Crippen molar-refractivity contribution in [1.82, 2.24) is 4.90 Å². The number of rotatable bonds is 6. The fraction of sp³-hybridized carbons (Fsp3) is 0.500. The lowest BCUT2D eigenvalue weighted by Gasteiger charge is -2.22. The molecule has 118 valence electrons. The van der Waals surface area contributed by atoms with E-state index in [0.29, 0.717) is 18.8 Å². The van der Waals surface area contributed by atoms with E-state index in [0.717, 1.165) is 24.2 Å². The Hall–Kier alpha value is -2.24. The minimum Gasteiger partial charge on any atom is -0.469 e. The number of carbonyl (C=O) groups excluding carboxylic acids is 2. The largest absolute Gasteiger partial charge is 0.469 e. The molecule has 1 aromatic carbocycles. The topological polar surface area (TPSA) is 65.1 Å².